The van der Waals surface area contributed by atoms with Gasteiger partial charge in [0.05, 0.1) is 24.8 Å². The number of morpholine rings is 1. The molecule has 3 aromatic rings. The predicted molar refractivity (Wildman–Crippen MR) is 124 cm³/mol. The maximum atomic E-state index is 12.2. The molecule has 1 atom stereocenters. The van der Waals surface area contributed by atoms with Crippen LogP contribution in [0.15, 0.2) is 48.1 Å². The summed E-state index contributed by atoms with van der Waals surface area (Å²) in [6.07, 6.45) is 4.25. The van der Waals surface area contributed by atoms with Crippen molar-refractivity contribution < 1.29 is 9.53 Å². The molecule has 0 saturated carbocycles. The van der Waals surface area contributed by atoms with Crippen LogP contribution in [0.3, 0.4) is 0 Å². The lowest BCUT2D eigenvalue weighted by atomic mass is 9.93. The summed E-state index contributed by atoms with van der Waals surface area (Å²) in [5.41, 5.74) is 10.6. The van der Waals surface area contributed by atoms with Gasteiger partial charge < -0.3 is 15.8 Å². The number of nitrogens with zero attached hydrogens (tertiary/aromatic N) is 3. The number of carbonyl (C=O) groups is 1. The second-order valence-electron chi connectivity index (χ2n) is 7.68. The molecule has 0 radical (unpaired) electrons. The van der Waals surface area contributed by atoms with Gasteiger partial charge in [0.1, 0.15) is 0 Å². The van der Waals surface area contributed by atoms with Gasteiger partial charge in [0.15, 0.2) is 5.13 Å². The Morgan fingerprint density at radius 3 is 2.90 bits per heavy atom. The standard InChI is InChI=1S/C23H27N5O2S/c1-16-4-5-17(19(22(24)29)6-8-28-9-11-30-12-10-28)13-20(16)26-23-27-21(15-31-23)18-3-2-7-25-14-18/h2-5,7,13-15,19H,6,8-12H2,1H3,(H2,24,29)(H,26,27). The molecule has 8 heteroatoms. The van der Waals surface area contributed by atoms with Gasteiger partial charge in [0.25, 0.3) is 0 Å². The summed E-state index contributed by atoms with van der Waals surface area (Å²) in [7, 11) is 0. The molecule has 0 bridgehead atoms. The summed E-state index contributed by atoms with van der Waals surface area (Å²) < 4.78 is 5.40. The van der Waals surface area contributed by atoms with Crippen LogP contribution in [0.1, 0.15) is 23.5 Å². The number of primary amides is 1. The number of hydrogen-bond acceptors (Lipinski definition) is 7. The van der Waals surface area contributed by atoms with Crippen molar-refractivity contribution >= 4 is 28.1 Å². The zero-order valence-electron chi connectivity index (χ0n) is 17.6. The average molecular weight is 438 g/mol. The average Bonchev–Trinajstić information content (AvgIpc) is 3.26. The smallest absolute Gasteiger partial charge is 0.225 e. The lowest BCUT2D eigenvalue weighted by molar-refractivity contribution is -0.119. The fraction of sp³-hybridized carbons (Fsp3) is 0.348. The Kier molecular flexibility index (Phi) is 6.91. The first-order chi connectivity index (χ1) is 15.1. The van der Waals surface area contributed by atoms with Crippen LogP contribution in [0.2, 0.25) is 0 Å². The number of benzene rings is 1. The molecular formula is C23H27N5O2S. The number of aromatic nitrogens is 2. The van der Waals surface area contributed by atoms with Crippen molar-refractivity contribution in [3.05, 3.63) is 59.2 Å². The van der Waals surface area contributed by atoms with Gasteiger partial charge in [0, 0.05) is 42.1 Å². The van der Waals surface area contributed by atoms with E-state index in [1.807, 2.05) is 42.6 Å². The quantitative estimate of drug-likeness (QED) is 0.560. The van der Waals surface area contributed by atoms with Crippen molar-refractivity contribution in [1.29, 1.82) is 0 Å². The van der Waals surface area contributed by atoms with E-state index in [0.29, 0.717) is 6.42 Å². The molecule has 3 heterocycles. The summed E-state index contributed by atoms with van der Waals surface area (Å²) >= 11 is 1.54. The lowest BCUT2D eigenvalue weighted by Gasteiger charge is -2.28. The molecule has 1 unspecified atom stereocenters. The van der Waals surface area contributed by atoms with Crippen LogP contribution < -0.4 is 11.1 Å². The number of aryl methyl sites for hydroxylation is 1. The largest absolute Gasteiger partial charge is 0.379 e. The molecule has 0 aliphatic carbocycles. The van der Waals surface area contributed by atoms with E-state index < -0.39 is 0 Å². The van der Waals surface area contributed by atoms with Crippen LogP contribution in [0.4, 0.5) is 10.8 Å². The van der Waals surface area contributed by atoms with Crippen LogP contribution in [0.25, 0.3) is 11.3 Å². The SMILES string of the molecule is Cc1ccc(C(CCN2CCOCC2)C(N)=O)cc1Nc1nc(-c2cccnc2)cs1. The Hall–Kier alpha value is -2.81. The van der Waals surface area contributed by atoms with Crippen molar-refractivity contribution in [1.82, 2.24) is 14.9 Å². The fourth-order valence-electron chi connectivity index (χ4n) is 3.69. The highest BCUT2D eigenvalue weighted by Crippen LogP contribution is 2.30. The molecule has 1 amide bonds. The van der Waals surface area contributed by atoms with E-state index in [4.69, 9.17) is 10.5 Å². The highest BCUT2D eigenvalue weighted by molar-refractivity contribution is 7.14. The Balaban J connectivity index is 1.49. The fourth-order valence-corrected chi connectivity index (χ4v) is 4.43. The first kappa shape index (κ1) is 21.4. The van der Waals surface area contributed by atoms with Crippen LogP contribution >= 0.6 is 11.3 Å². The zero-order chi connectivity index (χ0) is 21.6. The molecule has 1 fully saturated rings. The van der Waals surface area contributed by atoms with E-state index in [2.05, 4.69) is 20.2 Å². The van der Waals surface area contributed by atoms with Crippen molar-refractivity contribution in [2.75, 3.05) is 38.2 Å². The van der Waals surface area contributed by atoms with Gasteiger partial charge >= 0.3 is 0 Å². The number of anilines is 2. The Labute approximate surface area is 186 Å². The van der Waals surface area contributed by atoms with Crippen molar-refractivity contribution in [2.45, 2.75) is 19.3 Å². The number of thiazole rings is 1. The third kappa shape index (κ3) is 5.46. The molecule has 1 aromatic carbocycles. The highest BCUT2D eigenvalue weighted by Gasteiger charge is 2.21. The van der Waals surface area contributed by atoms with E-state index in [-0.39, 0.29) is 11.8 Å². The van der Waals surface area contributed by atoms with Crippen molar-refractivity contribution in [2.24, 2.45) is 5.73 Å². The normalized spacial score (nSPS) is 15.5. The number of nitrogens with one attached hydrogen (secondary N) is 1. The van der Waals surface area contributed by atoms with E-state index in [0.717, 1.165) is 66.1 Å². The molecule has 0 spiro atoms. The molecule has 3 N–H and O–H groups in total. The molecule has 1 saturated heterocycles. The first-order valence-electron chi connectivity index (χ1n) is 10.4. The molecule has 7 nitrogen and oxygen atoms in total. The highest BCUT2D eigenvalue weighted by atomic mass is 32.1. The molecule has 31 heavy (non-hydrogen) atoms. The second kappa shape index (κ2) is 10.00. The van der Waals surface area contributed by atoms with E-state index in [1.54, 1.807) is 12.4 Å². The minimum Gasteiger partial charge on any atom is -0.379 e. The minimum absolute atomic E-state index is 0.295. The summed E-state index contributed by atoms with van der Waals surface area (Å²) in [6, 6.07) is 9.94. The van der Waals surface area contributed by atoms with Gasteiger partial charge in [0.2, 0.25) is 5.91 Å². The summed E-state index contributed by atoms with van der Waals surface area (Å²) in [4.78, 5) is 23.4. The van der Waals surface area contributed by atoms with E-state index in [1.165, 1.54) is 11.3 Å². The third-order valence-electron chi connectivity index (χ3n) is 5.55. The Morgan fingerprint density at radius 2 is 2.16 bits per heavy atom. The van der Waals surface area contributed by atoms with Crippen molar-refractivity contribution in [3.63, 3.8) is 0 Å². The first-order valence-corrected chi connectivity index (χ1v) is 11.3. The monoisotopic (exact) mass is 437 g/mol. The van der Waals surface area contributed by atoms with Crippen LogP contribution in [0.5, 0.6) is 0 Å². The predicted octanol–water partition coefficient (Wildman–Crippen LogP) is 3.55. The minimum atomic E-state index is -0.328. The topological polar surface area (TPSA) is 93.4 Å². The van der Waals surface area contributed by atoms with Gasteiger partial charge in [-0.05, 0) is 49.2 Å². The van der Waals surface area contributed by atoms with E-state index >= 15 is 0 Å². The maximum Gasteiger partial charge on any atom is 0.225 e. The number of nitrogens with two attached hydrogens (primary N) is 1. The number of pyridine rings is 1. The van der Waals surface area contributed by atoms with Gasteiger partial charge in [-0.1, -0.05) is 12.1 Å². The molecule has 162 valence electrons. The molecule has 1 aliphatic rings. The number of ether oxygens (including phenoxy) is 1. The number of hydrogen-bond donors (Lipinski definition) is 2. The van der Waals surface area contributed by atoms with Gasteiger partial charge in [-0.3, -0.25) is 14.7 Å². The molecule has 4 rings (SSSR count). The molecule has 1 aliphatic heterocycles. The summed E-state index contributed by atoms with van der Waals surface area (Å²) in [5.74, 6) is -0.623. The summed E-state index contributed by atoms with van der Waals surface area (Å²) in [6.45, 7) is 6.15. The number of rotatable bonds is 8. The molecular weight excluding hydrogens is 410 g/mol. The van der Waals surface area contributed by atoms with Crippen molar-refractivity contribution in [3.8, 4) is 11.3 Å². The second-order valence-corrected chi connectivity index (χ2v) is 8.53. The summed E-state index contributed by atoms with van der Waals surface area (Å²) in [5, 5.41) is 6.21. The third-order valence-corrected chi connectivity index (χ3v) is 6.31. The number of amides is 1. The van der Waals surface area contributed by atoms with Gasteiger partial charge in [-0.15, -0.1) is 11.3 Å². The van der Waals surface area contributed by atoms with Crippen LogP contribution in [-0.4, -0.2) is 53.6 Å². The zero-order valence-corrected chi connectivity index (χ0v) is 18.4. The molecule has 2 aromatic heterocycles. The van der Waals surface area contributed by atoms with Crippen LogP contribution in [-0.2, 0) is 9.53 Å². The lowest BCUT2D eigenvalue weighted by Crippen LogP contribution is -2.38. The van der Waals surface area contributed by atoms with Gasteiger partial charge in [-0.25, -0.2) is 4.98 Å². The van der Waals surface area contributed by atoms with Crippen LogP contribution in [0, 0.1) is 6.92 Å². The Bertz CT molecular complexity index is 1020. The Morgan fingerprint density at radius 1 is 1.32 bits per heavy atom. The maximum absolute atomic E-state index is 12.2. The number of carbonyl (C=O) groups excluding carboxylic acids is 1. The van der Waals surface area contributed by atoms with E-state index in [9.17, 15) is 4.79 Å². The van der Waals surface area contributed by atoms with Gasteiger partial charge in [-0.2, -0.15) is 0 Å².